The Kier molecular flexibility index (Phi) is 2.98. The van der Waals surface area contributed by atoms with E-state index in [0.29, 0.717) is 25.5 Å². The number of nitrogen functional groups attached to an aromatic ring is 1. The van der Waals surface area contributed by atoms with Gasteiger partial charge in [-0.25, -0.2) is 0 Å². The van der Waals surface area contributed by atoms with Crippen molar-refractivity contribution in [3.05, 3.63) is 5.56 Å². The molecule has 1 amide bonds. The van der Waals surface area contributed by atoms with Crippen LogP contribution in [0, 0.1) is 0 Å². The van der Waals surface area contributed by atoms with Crippen LogP contribution in [0.5, 0.6) is 0 Å². The summed E-state index contributed by atoms with van der Waals surface area (Å²) in [5.41, 5.74) is 6.73. The van der Waals surface area contributed by atoms with E-state index in [-0.39, 0.29) is 17.8 Å². The zero-order chi connectivity index (χ0) is 13.4. The van der Waals surface area contributed by atoms with Crippen LogP contribution in [-0.4, -0.2) is 42.2 Å². The van der Waals surface area contributed by atoms with E-state index in [1.165, 1.54) is 0 Å². The normalized spacial score (nSPS) is 22.9. The Morgan fingerprint density at radius 1 is 1.37 bits per heavy atom. The SMILES string of the molecule is CC1CC(=O)Nc2nc(N)nc(N3CCOCC3)c21. The van der Waals surface area contributed by atoms with Crippen LogP contribution in [0.4, 0.5) is 17.6 Å². The molecule has 1 atom stereocenters. The highest BCUT2D eigenvalue weighted by atomic mass is 16.5. The van der Waals surface area contributed by atoms with E-state index >= 15 is 0 Å². The van der Waals surface area contributed by atoms with Crippen molar-refractivity contribution in [3.8, 4) is 0 Å². The fourth-order valence-electron chi connectivity index (χ4n) is 2.60. The molecule has 7 heteroatoms. The van der Waals surface area contributed by atoms with Gasteiger partial charge in [0.05, 0.1) is 13.2 Å². The molecule has 2 aliphatic rings. The van der Waals surface area contributed by atoms with Gasteiger partial charge in [0.1, 0.15) is 11.6 Å². The number of hydrogen-bond donors (Lipinski definition) is 2. The van der Waals surface area contributed by atoms with Crippen LogP contribution in [0.1, 0.15) is 24.8 Å². The maximum Gasteiger partial charge on any atom is 0.226 e. The van der Waals surface area contributed by atoms with E-state index in [0.717, 1.165) is 24.5 Å². The second-order valence-electron chi connectivity index (χ2n) is 4.92. The smallest absolute Gasteiger partial charge is 0.226 e. The molecule has 102 valence electrons. The predicted molar refractivity (Wildman–Crippen MR) is 71.1 cm³/mol. The summed E-state index contributed by atoms with van der Waals surface area (Å²) in [4.78, 5) is 22.3. The first-order valence-corrected chi connectivity index (χ1v) is 6.45. The molecule has 3 N–H and O–H groups in total. The number of nitrogens with zero attached hydrogens (tertiary/aromatic N) is 3. The Balaban J connectivity index is 2.06. The fraction of sp³-hybridized carbons (Fsp3) is 0.583. The quantitative estimate of drug-likeness (QED) is 0.759. The first-order chi connectivity index (χ1) is 9.15. The second kappa shape index (κ2) is 4.65. The summed E-state index contributed by atoms with van der Waals surface area (Å²) >= 11 is 0. The summed E-state index contributed by atoms with van der Waals surface area (Å²) in [5, 5.41) is 2.78. The topological polar surface area (TPSA) is 93.4 Å². The largest absolute Gasteiger partial charge is 0.378 e. The van der Waals surface area contributed by atoms with Crippen molar-refractivity contribution in [2.24, 2.45) is 0 Å². The van der Waals surface area contributed by atoms with Gasteiger partial charge in [0, 0.05) is 25.1 Å². The number of hydrogen-bond acceptors (Lipinski definition) is 6. The van der Waals surface area contributed by atoms with Crippen molar-refractivity contribution in [1.29, 1.82) is 0 Å². The molecule has 0 aliphatic carbocycles. The number of nitrogens with two attached hydrogens (primary N) is 1. The first kappa shape index (κ1) is 12.2. The lowest BCUT2D eigenvalue weighted by Crippen LogP contribution is -2.38. The monoisotopic (exact) mass is 263 g/mol. The van der Waals surface area contributed by atoms with Crippen molar-refractivity contribution in [3.63, 3.8) is 0 Å². The minimum Gasteiger partial charge on any atom is -0.378 e. The molecule has 0 spiro atoms. The maximum absolute atomic E-state index is 11.6. The van der Waals surface area contributed by atoms with Gasteiger partial charge in [-0.3, -0.25) is 4.79 Å². The molecule has 1 aromatic rings. The Morgan fingerprint density at radius 2 is 2.11 bits per heavy atom. The van der Waals surface area contributed by atoms with Crippen molar-refractivity contribution in [2.45, 2.75) is 19.3 Å². The summed E-state index contributed by atoms with van der Waals surface area (Å²) < 4.78 is 5.35. The van der Waals surface area contributed by atoms with Gasteiger partial charge in [-0.15, -0.1) is 0 Å². The minimum atomic E-state index is -0.0222. The van der Waals surface area contributed by atoms with Crippen LogP contribution >= 0.6 is 0 Å². The first-order valence-electron chi connectivity index (χ1n) is 6.45. The number of nitrogens with one attached hydrogen (secondary N) is 1. The lowest BCUT2D eigenvalue weighted by molar-refractivity contribution is -0.116. The third kappa shape index (κ3) is 2.21. The standard InChI is InChI=1S/C12H17N5O2/c1-7-6-8(18)14-10-9(7)11(16-12(13)15-10)17-2-4-19-5-3-17/h7H,2-6H2,1H3,(H3,13,14,15,16,18). The number of carbonyl (C=O) groups is 1. The molecule has 2 aliphatic heterocycles. The molecular weight excluding hydrogens is 246 g/mol. The average Bonchev–Trinajstić information content (AvgIpc) is 2.38. The number of anilines is 3. The Morgan fingerprint density at radius 3 is 2.84 bits per heavy atom. The molecule has 1 fully saturated rings. The van der Waals surface area contributed by atoms with Crippen molar-refractivity contribution >= 4 is 23.5 Å². The number of amides is 1. The molecule has 1 saturated heterocycles. The van der Waals surface area contributed by atoms with E-state index in [4.69, 9.17) is 10.5 Å². The summed E-state index contributed by atoms with van der Waals surface area (Å²) in [5.74, 6) is 1.65. The van der Waals surface area contributed by atoms with Crippen LogP contribution in [0.25, 0.3) is 0 Å². The number of carbonyl (C=O) groups excluding carboxylic acids is 1. The van der Waals surface area contributed by atoms with Crippen molar-refractivity contribution in [2.75, 3.05) is 42.3 Å². The van der Waals surface area contributed by atoms with Gasteiger partial charge in [0.25, 0.3) is 0 Å². The number of aromatic nitrogens is 2. The summed E-state index contributed by atoms with van der Waals surface area (Å²) in [6, 6.07) is 0. The van der Waals surface area contributed by atoms with Crippen LogP contribution < -0.4 is 16.0 Å². The molecule has 1 aromatic heterocycles. The van der Waals surface area contributed by atoms with Gasteiger partial charge in [-0.05, 0) is 5.92 Å². The molecule has 1 unspecified atom stereocenters. The number of ether oxygens (including phenoxy) is 1. The van der Waals surface area contributed by atoms with Crippen LogP contribution in [0.3, 0.4) is 0 Å². The molecule has 0 saturated carbocycles. The summed E-state index contributed by atoms with van der Waals surface area (Å²) in [6.07, 6.45) is 0.456. The molecule has 19 heavy (non-hydrogen) atoms. The van der Waals surface area contributed by atoms with Crippen LogP contribution in [-0.2, 0) is 9.53 Å². The zero-order valence-corrected chi connectivity index (χ0v) is 10.8. The van der Waals surface area contributed by atoms with Crippen molar-refractivity contribution in [1.82, 2.24) is 9.97 Å². The zero-order valence-electron chi connectivity index (χ0n) is 10.8. The summed E-state index contributed by atoms with van der Waals surface area (Å²) in [6.45, 7) is 4.94. The Hall–Kier alpha value is -1.89. The van der Waals surface area contributed by atoms with Gasteiger partial charge in [0.15, 0.2) is 0 Å². The van der Waals surface area contributed by atoms with Crippen LogP contribution in [0.2, 0.25) is 0 Å². The van der Waals surface area contributed by atoms with E-state index in [9.17, 15) is 4.79 Å². The van der Waals surface area contributed by atoms with E-state index in [2.05, 4.69) is 20.2 Å². The minimum absolute atomic E-state index is 0.0222. The molecule has 3 rings (SSSR count). The van der Waals surface area contributed by atoms with E-state index in [1.807, 2.05) is 6.92 Å². The molecule has 7 nitrogen and oxygen atoms in total. The van der Waals surface area contributed by atoms with Gasteiger partial charge < -0.3 is 20.7 Å². The highest BCUT2D eigenvalue weighted by Crippen LogP contribution is 2.37. The van der Waals surface area contributed by atoms with E-state index < -0.39 is 0 Å². The Bertz CT molecular complexity index is 513. The second-order valence-corrected chi connectivity index (χ2v) is 4.92. The lowest BCUT2D eigenvalue weighted by Gasteiger charge is -2.32. The molecular formula is C12H17N5O2. The van der Waals surface area contributed by atoms with Gasteiger partial charge in [0.2, 0.25) is 11.9 Å². The lowest BCUT2D eigenvalue weighted by atomic mass is 9.94. The number of rotatable bonds is 1. The van der Waals surface area contributed by atoms with Gasteiger partial charge >= 0.3 is 0 Å². The maximum atomic E-state index is 11.6. The molecule has 3 heterocycles. The Labute approximate surface area is 111 Å². The fourth-order valence-corrected chi connectivity index (χ4v) is 2.60. The van der Waals surface area contributed by atoms with E-state index in [1.54, 1.807) is 0 Å². The average molecular weight is 263 g/mol. The van der Waals surface area contributed by atoms with Gasteiger partial charge in [-0.1, -0.05) is 6.92 Å². The molecule has 0 bridgehead atoms. The highest BCUT2D eigenvalue weighted by molar-refractivity contribution is 5.94. The third-order valence-electron chi connectivity index (χ3n) is 3.50. The number of morpholine rings is 1. The predicted octanol–water partition coefficient (Wildman–Crippen LogP) is 0.341. The molecule has 0 radical (unpaired) electrons. The highest BCUT2D eigenvalue weighted by Gasteiger charge is 2.29. The molecule has 0 aromatic carbocycles. The third-order valence-corrected chi connectivity index (χ3v) is 3.50. The summed E-state index contributed by atoms with van der Waals surface area (Å²) in [7, 11) is 0. The van der Waals surface area contributed by atoms with Crippen LogP contribution in [0.15, 0.2) is 0 Å². The van der Waals surface area contributed by atoms with Gasteiger partial charge in [-0.2, -0.15) is 9.97 Å². The van der Waals surface area contributed by atoms with Crippen molar-refractivity contribution < 1.29 is 9.53 Å². The number of fused-ring (bicyclic) bond motifs is 1.